The maximum absolute atomic E-state index is 14.9. The molecule has 3 aliphatic heterocycles. The van der Waals surface area contributed by atoms with Crippen LogP contribution in [0, 0.1) is 23.0 Å². The van der Waals surface area contributed by atoms with Gasteiger partial charge < -0.3 is 14.5 Å². The molecule has 0 radical (unpaired) electrons. The number of aryl methyl sites for hydroxylation is 1. The van der Waals surface area contributed by atoms with Crippen LogP contribution in [0.15, 0.2) is 84.2 Å². The van der Waals surface area contributed by atoms with Crippen LogP contribution in [-0.4, -0.2) is 68.1 Å². The number of halogens is 2. The van der Waals surface area contributed by atoms with Crippen LogP contribution >= 0.6 is 0 Å². The number of hydrazine groups is 1. The number of benzene rings is 3. The van der Waals surface area contributed by atoms with Crippen molar-refractivity contribution in [2.75, 3.05) is 54.0 Å². The second-order valence-corrected chi connectivity index (χ2v) is 13.3. The zero-order valence-electron chi connectivity index (χ0n) is 28.6. The average molecular weight is 671 g/mol. The summed E-state index contributed by atoms with van der Waals surface area (Å²) in [4.78, 5) is 6.93. The van der Waals surface area contributed by atoms with E-state index >= 15 is 0 Å². The Hall–Kier alpha value is -4.48. The topological polar surface area (TPSA) is 87.7 Å². The first-order valence-corrected chi connectivity index (χ1v) is 17.4. The smallest absolute Gasteiger partial charge is 0.132 e. The van der Waals surface area contributed by atoms with E-state index in [1.165, 1.54) is 34.1 Å². The zero-order valence-corrected chi connectivity index (χ0v) is 28.6. The fourth-order valence-corrected chi connectivity index (χ4v) is 7.43. The van der Waals surface area contributed by atoms with E-state index in [1.54, 1.807) is 0 Å². The van der Waals surface area contributed by atoms with Gasteiger partial charge in [-0.3, -0.25) is 15.3 Å². The van der Waals surface area contributed by atoms with Gasteiger partial charge in [0.15, 0.2) is 0 Å². The number of ether oxygens (including phenoxy) is 1. The molecule has 3 heterocycles. The first-order chi connectivity index (χ1) is 23.7. The van der Waals surface area contributed by atoms with E-state index in [4.69, 9.17) is 16.0 Å². The normalized spacial score (nSPS) is 20.9. The van der Waals surface area contributed by atoms with Gasteiger partial charge >= 0.3 is 0 Å². The number of rotatable bonds is 13. The van der Waals surface area contributed by atoms with Gasteiger partial charge in [-0.05, 0) is 86.1 Å². The Morgan fingerprint density at radius 1 is 0.980 bits per heavy atom. The maximum Gasteiger partial charge on any atom is 0.132 e. The highest BCUT2D eigenvalue weighted by Crippen LogP contribution is 2.42. The van der Waals surface area contributed by atoms with Crippen LogP contribution in [0.1, 0.15) is 50.7 Å². The van der Waals surface area contributed by atoms with Crippen molar-refractivity contribution in [3.8, 4) is 0 Å². The van der Waals surface area contributed by atoms with Crippen molar-refractivity contribution in [2.45, 2.75) is 57.6 Å². The van der Waals surface area contributed by atoms with Gasteiger partial charge in [0.1, 0.15) is 29.4 Å². The van der Waals surface area contributed by atoms with Crippen molar-refractivity contribution >= 4 is 29.7 Å². The van der Waals surface area contributed by atoms with E-state index in [0.717, 1.165) is 75.8 Å². The van der Waals surface area contributed by atoms with Gasteiger partial charge in [0.05, 0.1) is 25.5 Å². The average Bonchev–Trinajstić information content (AvgIpc) is 3.71. The Bertz CT molecular complexity index is 1620. The molecule has 49 heavy (non-hydrogen) atoms. The molecular formula is C38H48F2N8O. The molecular weight excluding hydrogens is 622 g/mol. The van der Waals surface area contributed by atoms with Crippen molar-refractivity contribution in [1.29, 1.82) is 5.41 Å². The predicted octanol–water partition coefficient (Wildman–Crippen LogP) is 6.66. The quantitative estimate of drug-likeness (QED) is 0.0910. The molecule has 0 aliphatic carbocycles. The summed E-state index contributed by atoms with van der Waals surface area (Å²) in [5.41, 5.74) is 3.99. The molecule has 2 fully saturated rings. The molecule has 0 aromatic heterocycles. The minimum Gasteiger partial charge on any atom is -0.368 e. The summed E-state index contributed by atoms with van der Waals surface area (Å²) >= 11 is 0. The Balaban J connectivity index is 0.995. The molecule has 2 unspecified atom stereocenters. The first kappa shape index (κ1) is 34.4. The standard InChI is InChI=1S/C38H48F2N8O/c1-4-32(5-2)48-28(3)47(27-43-48)35-15-13-34(14-16-35)45-20-18-44(19-21-45)33-11-8-29(9-12-33)6-7-30-23-38(49-24-30,25-46(42)26-41)36-17-10-31(39)22-37(36)40/h8-17,22,26-27,30,32,41H,3-7,18-21,23-25,42H2,1-2H3. The molecule has 6 rings (SSSR count). The lowest BCUT2D eigenvalue weighted by Gasteiger charge is -2.37. The first-order valence-electron chi connectivity index (χ1n) is 17.4. The highest BCUT2D eigenvalue weighted by atomic mass is 19.1. The van der Waals surface area contributed by atoms with Crippen LogP contribution in [0.4, 0.5) is 25.8 Å². The van der Waals surface area contributed by atoms with E-state index < -0.39 is 17.2 Å². The summed E-state index contributed by atoms with van der Waals surface area (Å²) in [6.45, 7) is 13.0. The van der Waals surface area contributed by atoms with Gasteiger partial charge in [0, 0.05) is 54.9 Å². The minimum absolute atomic E-state index is 0.115. The summed E-state index contributed by atoms with van der Waals surface area (Å²) in [6, 6.07) is 21.4. The molecule has 0 bridgehead atoms. The molecule has 3 aliphatic rings. The van der Waals surface area contributed by atoms with E-state index in [2.05, 4.69) is 88.8 Å². The van der Waals surface area contributed by atoms with Crippen molar-refractivity contribution in [3.63, 3.8) is 0 Å². The van der Waals surface area contributed by atoms with Crippen molar-refractivity contribution in [1.82, 2.24) is 10.0 Å². The number of nitrogens with one attached hydrogen (secondary N) is 1. The number of piperazine rings is 1. The van der Waals surface area contributed by atoms with Crippen LogP contribution in [0.25, 0.3) is 0 Å². The molecule has 0 amide bonds. The number of nitrogens with two attached hydrogens (primary N) is 1. The van der Waals surface area contributed by atoms with Gasteiger partial charge in [0.25, 0.3) is 0 Å². The van der Waals surface area contributed by atoms with Crippen LogP contribution in [0.2, 0.25) is 0 Å². The van der Waals surface area contributed by atoms with E-state index in [0.29, 0.717) is 19.1 Å². The van der Waals surface area contributed by atoms with E-state index in [1.807, 2.05) is 11.3 Å². The molecule has 0 spiro atoms. The monoisotopic (exact) mass is 670 g/mol. The van der Waals surface area contributed by atoms with Gasteiger partial charge in [0.2, 0.25) is 0 Å². The molecule has 2 atom stereocenters. The zero-order chi connectivity index (χ0) is 34.5. The van der Waals surface area contributed by atoms with Gasteiger partial charge in [-0.1, -0.05) is 38.6 Å². The largest absolute Gasteiger partial charge is 0.368 e. The summed E-state index contributed by atoms with van der Waals surface area (Å²) in [7, 11) is 0. The Morgan fingerprint density at radius 3 is 2.18 bits per heavy atom. The maximum atomic E-state index is 14.9. The molecule has 3 aromatic carbocycles. The van der Waals surface area contributed by atoms with Crippen LogP contribution in [0.3, 0.4) is 0 Å². The second kappa shape index (κ2) is 15.0. The molecule has 2 saturated heterocycles. The lowest BCUT2D eigenvalue weighted by Crippen LogP contribution is -2.46. The Morgan fingerprint density at radius 2 is 1.59 bits per heavy atom. The lowest BCUT2D eigenvalue weighted by atomic mass is 9.84. The SMILES string of the molecule is C=C1N(c2ccc(N3CCN(c4ccc(CCC5COC(CN(N)C=N)(c6ccc(F)cc6F)C5)cc4)CC3)cc2)C=NN1C(CC)CC. The summed E-state index contributed by atoms with van der Waals surface area (Å²) < 4.78 is 34.7. The van der Waals surface area contributed by atoms with Gasteiger partial charge in [-0.2, -0.15) is 5.10 Å². The van der Waals surface area contributed by atoms with Crippen LogP contribution < -0.4 is 20.5 Å². The van der Waals surface area contributed by atoms with Crippen molar-refractivity contribution in [2.24, 2.45) is 16.9 Å². The van der Waals surface area contributed by atoms with Crippen molar-refractivity contribution < 1.29 is 13.5 Å². The molecule has 9 nitrogen and oxygen atoms in total. The number of nitrogens with zero attached hydrogens (tertiary/aromatic N) is 6. The number of hydrogen-bond donors (Lipinski definition) is 2. The summed E-state index contributed by atoms with van der Waals surface area (Å²) in [6.07, 6.45) is 7.18. The third-order valence-corrected chi connectivity index (χ3v) is 10.3. The van der Waals surface area contributed by atoms with Gasteiger partial charge in [-0.25, -0.2) is 19.6 Å². The minimum atomic E-state index is -1.03. The highest BCUT2D eigenvalue weighted by Gasteiger charge is 2.44. The second-order valence-electron chi connectivity index (χ2n) is 13.3. The fraction of sp³-hybridized carbons (Fsp3) is 0.421. The number of anilines is 3. The molecule has 3 aromatic rings. The third-order valence-electron chi connectivity index (χ3n) is 10.3. The molecule has 260 valence electrons. The fourth-order valence-electron chi connectivity index (χ4n) is 7.43. The molecule has 0 saturated carbocycles. The summed E-state index contributed by atoms with van der Waals surface area (Å²) in [5, 5.41) is 15.3. The molecule has 3 N–H and O–H groups in total. The number of hydrazone groups is 1. The molecule has 11 heteroatoms. The Kier molecular flexibility index (Phi) is 10.5. The van der Waals surface area contributed by atoms with Crippen LogP contribution in [-0.2, 0) is 16.8 Å². The van der Waals surface area contributed by atoms with Gasteiger partial charge in [-0.15, -0.1) is 0 Å². The number of hydrogen-bond acceptors (Lipinski definition) is 8. The van der Waals surface area contributed by atoms with Crippen molar-refractivity contribution in [3.05, 3.63) is 102 Å². The summed E-state index contributed by atoms with van der Waals surface area (Å²) in [5.74, 6) is 5.71. The lowest BCUT2D eigenvalue weighted by molar-refractivity contribution is -0.0183. The van der Waals surface area contributed by atoms with E-state index in [-0.39, 0.29) is 18.0 Å². The van der Waals surface area contributed by atoms with Crippen LogP contribution in [0.5, 0.6) is 0 Å². The highest BCUT2D eigenvalue weighted by molar-refractivity contribution is 5.85. The third kappa shape index (κ3) is 7.43. The Labute approximate surface area is 288 Å². The predicted molar refractivity (Wildman–Crippen MR) is 194 cm³/mol. The van der Waals surface area contributed by atoms with E-state index in [9.17, 15) is 8.78 Å².